The Morgan fingerprint density at radius 2 is 2.08 bits per heavy atom. The number of benzene rings is 1. The van der Waals surface area contributed by atoms with Crippen molar-refractivity contribution in [1.82, 2.24) is 19.8 Å². The Labute approximate surface area is 152 Å². The smallest absolute Gasteiger partial charge is 0.253 e. The molecule has 2 N–H and O–H groups in total. The van der Waals surface area contributed by atoms with E-state index in [4.69, 9.17) is 0 Å². The molecule has 7 nitrogen and oxygen atoms in total. The number of amides is 2. The van der Waals surface area contributed by atoms with Gasteiger partial charge in [-0.25, -0.2) is 4.98 Å². The lowest BCUT2D eigenvalue weighted by Crippen LogP contribution is -2.51. The van der Waals surface area contributed by atoms with Gasteiger partial charge in [-0.15, -0.1) is 0 Å². The maximum atomic E-state index is 12.9. The molecule has 0 bridgehead atoms. The van der Waals surface area contributed by atoms with Crippen LogP contribution in [0.4, 0.5) is 0 Å². The summed E-state index contributed by atoms with van der Waals surface area (Å²) < 4.78 is 0. The van der Waals surface area contributed by atoms with Gasteiger partial charge in [-0.3, -0.25) is 9.59 Å². The number of aliphatic hydroxyl groups is 1. The van der Waals surface area contributed by atoms with Crippen molar-refractivity contribution in [2.45, 2.75) is 32.3 Å². The summed E-state index contributed by atoms with van der Waals surface area (Å²) in [5, 5.41) is 9.18. The number of H-pyrrole nitrogens is 1. The number of rotatable bonds is 2. The van der Waals surface area contributed by atoms with E-state index in [-0.39, 0.29) is 23.8 Å². The molecule has 26 heavy (non-hydrogen) atoms. The maximum Gasteiger partial charge on any atom is 0.253 e. The van der Waals surface area contributed by atoms with Crippen molar-refractivity contribution in [3.63, 3.8) is 0 Å². The van der Waals surface area contributed by atoms with Crippen LogP contribution in [0.25, 0.3) is 11.0 Å². The fourth-order valence-corrected chi connectivity index (χ4v) is 4.28. The summed E-state index contributed by atoms with van der Waals surface area (Å²) in [4.78, 5) is 35.7. The summed E-state index contributed by atoms with van der Waals surface area (Å²) in [6.07, 6.45) is 3.44. The highest BCUT2D eigenvalue weighted by Crippen LogP contribution is 2.40. The number of aromatic nitrogens is 2. The van der Waals surface area contributed by atoms with Crippen molar-refractivity contribution in [3.05, 3.63) is 29.6 Å². The number of likely N-dealkylation sites (tertiary alicyclic amines) is 2. The van der Waals surface area contributed by atoms with Crippen LogP contribution in [0.5, 0.6) is 0 Å². The number of nitrogens with zero attached hydrogens (tertiary/aromatic N) is 3. The SMILES string of the molecule is CN1CC2(CCC1=O)CCN(C(=O)c1ccc3nc(CO)[nH]c3c1)CC2. The van der Waals surface area contributed by atoms with Gasteiger partial charge in [0.15, 0.2) is 0 Å². The first-order valence-corrected chi connectivity index (χ1v) is 9.12. The highest BCUT2D eigenvalue weighted by Gasteiger charge is 2.40. The number of aromatic amines is 1. The predicted octanol–water partition coefficient (Wildman–Crippen LogP) is 1.53. The molecule has 7 heteroatoms. The highest BCUT2D eigenvalue weighted by molar-refractivity contribution is 5.97. The molecular weight excluding hydrogens is 332 g/mol. The van der Waals surface area contributed by atoms with Crippen molar-refractivity contribution >= 4 is 22.8 Å². The van der Waals surface area contributed by atoms with E-state index in [1.165, 1.54) is 0 Å². The number of hydrogen-bond donors (Lipinski definition) is 2. The summed E-state index contributed by atoms with van der Waals surface area (Å²) in [5.41, 5.74) is 2.32. The fraction of sp³-hybridized carbons (Fsp3) is 0.526. The average molecular weight is 356 g/mol. The Balaban J connectivity index is 1.46. The van der Waals surface area contributed by atoms with Crippen LogP contribution in [0.2, 0.25) is 0 Å². The number of piperidine rings is 2. The minimum Gasteiger partial charge on any atom is -0.388 e. The molecule has 2 fully saturated rings. The molecule has 0 radical (unpaired) electrons. The first-order chi connectivity index (χ1) is 12.5. The molecule has 2 saturated heterocycles. The minimum atomic E-state index is -0.150. The van der Waals surface area contributed by atoms with Crippen LogP contribution in [0.3, 0.4) is 0 Å². The van der Waals surface area contributed by atoms with Crippen LogP contribution in [-0.2, 0) is 11.4 Å². The monoisotopic (exact) mass is 356 g/mol. The minimum absolute atomic E-state index is 0.0298. The molecule has 1 aromatic carbocycles. The summed E-state index contributed by atoms with van der Waals surface area (Å²) in [7, 11) is 1.88. The largest absolute Gasteiger partial charge is 0.388 e. The van der Waals surface area contributed by atoms with Gasteiger partial charge in [0, 0.05) is 38.7 Å². The van der Waals surface area contributed by atoms with Gasteiger partial charge < -0.3 is 19.9 Å². The topological polar surface area (TPSA) is 89.5 Å². The van der Waals surface area contributed by atoms with Gasteiger partial charge in [0.25, 0.3) is 5.91 Å². The number of aliphatic hydroxyl groups excluding tert-OH is 1. The van der Waals surface area contributed by atoms with Gasteiger partial charge in [-0.05, 0) is 42.9 Å². The Bertz CT molecular complexity index is 852. The number of carbonyl (C=O) groups is 2. The summed E-state index contributed by atoms with van der Waals surface area (Å²) >= 11 is 0. The van der Waals surface area contributed by atoms with Crippen LogP contribution >= 0.6 is 0 Å². The molecule has 0 atom stereocenters. The van der Waals surface area contributed by atoms with Gasteiger partial charge in [0.05, 0.1) is 11.0 Å². The molecule has 0 aliphatic carbocycles. The molecule has 1 aromatic heterocycles. The zero-order valence-electron chi connectivity index (χ0n) is 15.0. The van der Waals surface area contributed by atoms with Gasteiger partial charge in [-0.2, -0.15) is 0 Å². The number of fused-ring (bicyclic) bond motifs is 1. The first kappa shape index (κ1) is 17.0. The Morgan fingerprint density at radius 3 is 2.77 bits per heavy atom. The molecule has 138 valence electrons. The standard InChI is InChI=1S/C19H24N4O3/c1-22-12-19(5-4-17(22)25)6-8-23(9-7-19)18(26)13-2-3-14-15(10-13)21-16(11-24)20-14/h2-3,10,24H,4-9,11-12H2,1H3,(H,20,21). The number of carbonyl (C=O) groups excluding carboxylic acids is 2. The van der Waals surface area contributed by atoms with Gasteiger partial charge >= 0.3 is 0 Å². The van der Waals surface area contributed by atoms with E-state index >= 15 is 0 Å². The third-order valence-electron chi connectivity index (χ3n) is 5.91. The molecule has 3 heterocycles. The van der Waals surface area contributed by atoms with Gasteiger partial charge in [0.1, 0.15) is 12.4 Å². The van der Waals surface area contributed by atoms with Crippen molar-refractivity contribution in [1.29, 1.82) is 0 Å². The van der Waals surface area contributed by atoms with Crippen molar-refractivity contribution in [3.8, 4) is 0 Å². The quantitative estimate of drug-likeness (QED) is 0.854. The lowest BCUT2D eigenvalue weighted by Gasteiger charge is -2.46. The van der Waals surface area contributed by atoms with E-state index in [0.29, 0.717) is 17.8 Å². The van der Waals surface area contributed by atoms with E-state index in [0.717, 1.165) is 49.9 Å². The predicted molar refractivity (Wildman–Crippen MR) is 96.5 cm³/mol. The maximum absolute atomic E-state index is 12.9. The normalized spacial score (nSPS) is 20.2. The zero-order chi connectivity index (χ0) is 18.3. The van der Waals surface area contributed by atoms with E-state index in [1.54, 1.807) is 12.1 Å². The molecule has 1 spiro atoms. The Hall–Kier alpha value is -2.41. The number of hydrogen-bond acceptors (Lipinski definition) is 4. The Morgan fingerprint density at radius 1 is 1.31 bits per heavy atom. The number of nitrogens with one attached hydrogen (secondary N) is 1. The molecule has 4 rings (SSSR count). The van der Waals surface area contributed by atoms with E-state index in [9.17, 15) is 14.7 Å². The second-order valence-corrected chi connectivity index (χ2v) is 7.62. The number of imidazole rings is 1. The first-order valence-electron chi connectivity index (χ1n) is 9.12. The molecule has 0 unspecified atom stereocenters. The van der Waals surface area contributed by atoms with E-state index < -0.39 is 0 Å². The summed E-state index contributed by atoms with van der Waals surface area (Å²) in [6.45, 7) is 2.11. The third-order valence-corrected chi connectivity index (χ3v) is 5.91. The third kappa shape index (κ3) is 2.96. The molecule has 2 amide bonds. The highest BCUT2D eigenvalue weighted by atomic mass is 16.3. The lowest BCUT2D eigenvalue weighted by molar-refractivity contribution is -0.137. The van der Waals surface area contributed by atoms with E-state index in [1.807, 2.05) is 22.9 Å². The summed E-state index contributed by atoms with van der Waals surface area (Å²) in [6, 6.07) is 5.41. The van der Waals surface area contributed by atoms with E-state index in [2.05, 4.69) is 9.97 Å². The van der Waals surface area contributed by atoms with Crippen LogP contribution in [0.1, 0.15) is 41.9 Å². The van der Waals surface area contributed by atoms with Crippen molar-refractivity contribution in [2.24, 2.45) is 5.41 Å². The molecule has 2 aliphatic heterocycles. The lowest BCUT2D eigenvalue weighted by atomic mass is 9.72. The average Bonchev–Trinajstić information content (AvgIpc) is 3.07. The van der Waals surface area contributed by atoms with Crippen LogP contribution in [0, 0.1) is 5.41 Å². The van der Waals surface area contributed by atoms with Crippen molar-refractivity contribution in [2.75, 3.05) is 26.7 Å². The molecular formula is C19H24N4O3. The van der Waals surface area contributed by atoms with Crippen LogP contribution in [0.15, 0.2) is 18.2 Å². The molecule has 0 saturated carbocycles. The zero-order valence-corrected chi connectivity index (χ0v) is 15.0. The van der Waals surface area contributed by atoms with Gasteiger partial charge in [0.2, 0.25) is 5.91 Å². The van der Waals surface area contributed by atoms with Crippen molar-refractivity contribution < 1.29 is 14.7 Å². The summed E-state index contributed by atoms with van der Waals surface area (Å²) in [5.74, 6) is 0.756. The van der Waals surface area contributed by atoms with Gasteiger partial charge in [-0.1, -0.05) is 0 Å². The second-order valence-electron chi connectivity index (χ2n) is 7.62. The van der Waals surface area contributed by atoms with Crippen LogP contribution in [-0.4, -0.2) is 63.4 Å². The second kappa shape index (κ2) is 6.39. The molecule has 2 aliphatic rings. The van der Waals surface area contributed by atoms with Crippen LogP contribution < -0.4 is 0 Å². The Kier molecular flexibility index (Phi) is 4.19. The fourth-order valence-electron chi connectivity index (χ4n) is 4.28. The molecule has 2 aromatic rings.